The summed E-state index contributed by atoms with van der Waals surface area (Å²) in [6.07, 6.45) is 6.85. The Morgan fingerprint density at radius 3 is 3.09 bits per heavy atom. The van der Waals surface area contributed by atoms with Gasteiger partial charge in [-0.1, -0.05) is 0 Å². The van der Waals surface area contributed by atoms with E-state index in [4.69, 9.17) is 11.2 Å². The van der Waals surface area contributed by atoms with Gasteiger partial charge in [0.15, 0.2) is 0 Å². The molecular weight excluding hydrogens is 312 g/mol. The summed E-state index contributed by atoms with van der Waals surface area (Å²) in [6, 6.07) is 0. The van der Waals surface area contributed by atoms with Gasteiger partial charge in [-0.25, -0.2) is 0 Å². The SMILES string of the molecule is C#CC[C@H](O)[C@@H]1CC[C](=[W])O1. The molecule has 1 fully saturated rings. The second-order valence-corrected chi connectivity index (χ2v) is 4.18. The van der Waals surface area contributed by atoms with Gasteiger partial charge in [-0.3, -0.25) is 0 Å². The Kier molecular flexibility index (Phi) is 3.45. The van der Waals surface area contributed by atoms with Crippen molar-refractivity contribution in [3.8, 4) is 12.3 Å². The van der Waals surface area contributed by atoms with Crippen molar-refractivity contribution < 1.29 is 29.2 Å². The van der Waals surface area contributed by atoms with E-state index in [9.17, 15) is 5.11 Å². The van der Waals surface area contributed by atoms with E-state index in [0.717, 1.165) is 16.9 Å². The maximum absolute atomic E-state index is 9.40. The quantitative estimate of drug-likeness (QED) is 0.738. The van der Waals surface area contributed by atoms with E-state index < -0.39 is 6.10 Å². The van der Waals surface area contributed by atoms with Gasteiger partial charge in [-0.15, -0.1) is 0 Å². The molecule has 3 heteroatoms. The van der Waals surface area contributed by atoms with Gasteiger partial charge in [-0.2, -0.15) is 0 Å². The van der Waals surface area contributed by atoms with E-state index in [2.05, 4.69) is 5.92 Å². The normalized spacial score (nSPS) is 26.5. The Hall–Kier alpha value is 0.0383. The molecule has 60 valence electrons. The first-order valence-electron chi connectivity index (χ1n) is 3.55. The molecule has 2 nitrogen and oxygen atoms in total. The van der Waals surface area contributed by atoms with E-state index in [-0.39, 0.29) is 6.10 Å². The Morgan fingerprint density at radius 1 is 1.91 bits per heavy atom. The molecule has 1 saturated heterocycles. The summed E-state index contributed by atoms with van der Waals surface area (Å²) in [7, 11) is 0. The van der Waals surface area contributed by atoms with Crippen LogP contribution >= 0.6 is 0 Å². The number of aliphatic hydroxyl groups excluding tert-OH is 1. The van der Waals surface area contributed by atoms with Crippen LogP contribution in [0.2, 0.25) is 0 Å². The topological polar surface area (TPSA) is 29.5 Å². The third-order valence-corrected chi connectivity index (χ3v) is 2.75. The molecule has 0 aromatic heterocycles. The predicted octanol–water partition coefficient (Wildman–Crippen LogP) is 0.226. The minimum absolute atomic E-state index is 0.0430. The average Bonchev–Trinajstić information content (AvgIpc) is 2.36. The third-order valence-electron chi connectivity index (χ3n) is 1.67. The molecule has 0 aromatic rings. The molecule has 0 aromatic carbocycles. The van der Waals surface area contributed by atoms with Gasteiger partial charge in [-0.05, 0) is 0 Å². The zero-order valence-corrected chi connectivity index (χ0v) is 9.05. The van der Waals surface area contributed by atoms with Gasteiger partial charge < -0.3 is 0 Å². The monoisotopic (exact) mass is 322 g/mol. The molecule has 0 bridgehead atoms. The second-order valence-electron chi connectivity index (χ2n) is 2.54. The van der Waals surface area contributed by atoms with Gasteiger partial charge in [0.05, 0.1) is 0 Å². The van der Waals surface area contributed by atoms with Gasteiger partial charge in [0, 0.05) is 0 Å². The first-order chi connectivity index (χ1) is 5.24. The van der Waals surface area contributed by atoms with Crippen molar-refractivity contribution in [2.24, 2.45) is 0 Å². The number of hydrogen-bond acceptors (Lipinski definition) is 2. The molecular formula is C8H10O2W. The number of rotatable bonds is 2. The molecule has 1 rings (SSSR count). The first-order valence-corrected chi connectivity index (χ1v) is 5.01. The third kappa shape index (κ3) is 2.52. The van der Waals surface area contributed by atoms with Gasteiger partial charge in [0.1, 0.15) is 0 Å². The summed E-state index contributed by atoms with van der Waals surface area (Å²) in [5.41, 5.74) is 0. The van der Waals surface area contributed by atoms with Crippen molar-refractivity contribution in [2.75, 3.05) is 0 Å². The Morgan fingerprint density at radius 2 is 2.64 bits per heavy atom. The van der Waals surface area contributed by atoms with Crippen molar-refractivity contribution in [1.29, 1.82) is 0 Å². The molecule has 0 spiro atoms. The van der Waals surface area contributed by atoms with Crippen LogP contribution in [-0.2, 0) is 24.1 Å². The summed E-state index contributed by atoms with van der Waals surface area (Å²) in [5, 5.41) is 9.40. The molecule has 0 saturated carbocycles. The summed E-state index contributed by atoms with van der Waals surface area (Å²) in [6.45, 7) is 0. The van der Waals surface area contributed by atoms with E-state index in [1.807, 2.05) is 0 Å². The van der Waals surface area contributed by atoms with Crippen LogP contribution in [-0.4, -0.2) is 21.4 Å². The van der Waals surface area contributed by atoms with Crippen LogP contribution in [0.1, 0.15) is 19.3 Å². The molecule has 1 aliphatic rings. The number of aliphatic hydroxyl groups is 1. The molecule has 1 N–H and O–H groups in total. The summed E-state index contributed by atoms with van der Waals surface area (Å²) >= 11 is 1.36. The fourth-order valence-corrected chi connectivity index (χ4v) is 1.94. The van der Waals surface area contributed by atoms with E-state index in [0.29, 0.717) is 6.42 Å². The maximum atomic E-state index is 9.40. The molecule has 0 radical (unpaired) electrons. The van der Waals surface area contributed by atoms with Crippen LogP contribution in [0.3, 0.4) is 0 Å². The molecule has 0 aliphatic carbocycles. The molecule has 2 atom stereocenters. The van der Waals surface area contributed by atoms with E-state index >= 15 is 0 Å². The first kappa shape index (κ1) is 9.13. The molecule has 11 heavy (non-hydrogen) atoms. The van der Waals surface area contributed by atoms with Crippen LogP contribution in [0, 0.1) is 12.3 Å². The number of terminal acetylenes is 1. The van der Waals surface area contributed by atoms with Crippen molar-refractivity contribution >= 4 is 4.08 Å². The number of ether oxygens (including phenoxy) is 1. The van der Waals surface area contributed by atoms with Crippen molar-refractivity contribution in [3.63, 3.8) is 0 Å². The zero-order valence-electron chi connectivity index (χ0n) is 6.12. The van der Waals surface area contributed by atoms with E-state index in [1.54, 1.807) is 0 Å². The van der Waals surface area contributed by atoms with Crippen molar-refractivity contribution in [3.05, 3.63) is 0 Å². The molecule has 0 amide bonds. The van der Waals surface area contributed by atoms with Crippen molar-refractivity contribution in [1.82, 2.24) is 0 Å². The predicted molar refractivity (Wildman–Crippen MR) is 38.6 cm³/mol. The molecule has 1 heterocycles. The van der Waals surface area contributed by atoms with Crippen LogP contribution in [0.25, 0.3) is 0 Å². The Labute approximate surface area is 77.3 Å². The summed E-state index contributed by atoms with van der Waals surface area (Å²) in [4.78, 5) is 0. The van der Waals surface area contributed by atoms with Gasteiger partial charge in [0.2, 0.25) is 0 Å². The summed E-state index contributed by atoms with van der Waals surface area (Å²) in [5.74, 6) is 2.43. The molecule has 1 aliphatic heterocycles. The fraction of sp³-hybridized carbons (Fsp3) is 0.625. The van der Waals surface area contributed by atoms with E-state index in [1.165, 1.54) is 19.4 Å². The Balaban J connectivity index is 2.37. The van der Waals surface area contributed by atoms with Crippen LogP contribution < -0.4 is 0 Å². The average molecular weight is 322 g/mol. The van der Waals surface area contributed by atoms with Crippen LogP contribution in [0.4, 0.5) is 0 Å². The standard InChI is InChI=1S/C8H10O2.W/c1-2-4-7(9)8-5-3-6-10-8;/h1,7-9H,3-5H2;/t7-,8-;/m0./s1. The fourth-order valence-electron chi connectivity index (χ4n) is 1.07. The Bertz CT molecular complexity index is 195. The second kappa shape index (κ2) is 4.16. The summed E-state index contributed by atoms with van der Waals surface area (Å²) < 4.78 is 6.47. The minimum atomic E-state index is -0.475. The van der Waals surface area contributed by atoms with Crippen LogP contribution in [0.5, 0.6) is 0 Å². The molecule has 0 unspecified atom stereocenters. The van der Waals surface area contributed by atoms with Gasteiger partial charge >= 0.3 is 77.1 Å². The number of hydrogen-bond donors (Lipinski definition) is 1. The van der Waals surface area contributed by atoms with Gasteiger partial charge in [0.25, 0.3) is 0 Å². The van der Waals surface area contributed by atoms with Crippen molar-refractivity contribution in [2.45, 2.75) is 31.5 Å². The zero-order chi connectivity index (χ0) is 8.27. The van der Waals surface area contributed by atoms with Crippen LogP contribution in [0.15, 0.2) is 0 Å².